The number of halogens is 2. The van der Waals surface area contributed by atoms with Crippen molar-refractivity contribution in [3.05, 3.63) is 27.7 Å². The Morgan fingerprint density at radius 1 is 1.33 bits per heavy atom. The van der Waals surface area contributed by atoms with Gasteiger partial charge in [0.25, 0.3) is 0 Å². The highest BCUT2D eigenvalue weighted by molar-refractivity contribution is 7.89. The van der Waals surface area contributed by atoms with Crippen molar-refractivity contribution in [3.63, 3.8) is 0 Å². The van der Waals surface area contributed by atoms with Crippen LogP contribution in [0.4, 0.5) is 0 Å². The number of carboxylic acids is 1. The van der Waals surface area contributed by atoms with Gasteiger partial charge in [0.05, 0.1) is 15.6 Å². The summed E-state index contributed by atoms with van der Waals surface area (Å²) in [4.78, 5) is 12.5. The number of carbonyl (C=O) groups is 1. The molecular formula is C12H16Cl2N2O4S. The highest BCUT2D eigenvalue weighted by Gasteiger charge is 2.24. The van der Waals surface area contributed by atoms with Crippen LogP contribution >= 0.6 is 23.2 Å². The number of hydrogen-bond donors (Lipinski definition) is 2. The minimum absolute atomic E-state index is 0.118. The summed E-state index contributed by atoms with van der Waals surface area (Å²) in [5, 5.41) is 8.75. The van der Waals surface area contributed by atoms with Crippen LogP contribution in [0.3, 0.4) is 0 Å². The zero-order valence-corrected chi connectivity index (χ0v) is 14.1. The topological polar surface area (TPSA) is 86.7 Å². The zero-order valence-electron chi connectivity index (χ0n) is 11.7. The fraction of sp³-hybridized carbons (Fsp3) is 0.417. The van der Waals surface area contributed by atoms with E-state index in [9.17, 15) is 13.2 Å². The predicted octanol–water partition coefficient (Wildman–Crippen LogP) is 1.92. The van der Waals surface area contributed by atoms with Crippen LogP contribution in [0.25, 0.3) is 0 Å². The fourth-order valence-corrected chi connectivity index (χ4v) is 3.90. The van der Waals surface area contributed by atoms with E-state index < -0.39 is 16.0 Å². The van der Waals surface area contributed by atoms with Gasteiger partial charge in [-0.15, -0.1) is 0 Å². The maximum atomic E-state index is 12.3. The van der Waals surface area contributed by atoms with Gasteiger partial charge in [-0.1, -0.05) is 23.2 Å². The molecule has 21 heavy (non-hydrogen) atoms. The van der Waals surface area contributed by atoms with E-state index in [0.717, 1.165) is 12.1 Å². The summed E-state index contributed by atoms with van der Waals surface area (Å²) in [5.74, 6) is -1.32. The molecule has 0 radical (unpaired) electrons. The molecule has 0 spiro atoms. The predicted molar refractivity (Wildman–Crippen MR) is 81.8 cm³/mol. The van der Waals surface area contributed by atoms with E-state index in [0.29, 0.717) is 6.54 Å². The summed E-state index contributed by atoms with van der Waals surface area (Å²) < 4.78 is 27.0. The first-order valence-corrected chi connectivity index (χ1v) is 8.18. The molecule has 118 valence electrons. The molecule has 0 heterocycles. The SMILES string of the molecule is CC(CN(C)C)NS(=O)(=O)c1cc(C(=O)O)c(Cl)cc1Cl. The van der Waals surface area contributed by atoms with Gasteiger partial charge < -0.3 is 10.0 Å². The summed E-state index contributed by atoms with van der Waals surface area (Å²) in [7, 11) is -0.323. The molecule has 1 atom stereocenters. The smallest absolute Gasteiger partial charge is 0.337 e. The Morgan fingerprint density at radius 2 is 1.90 bits per heavy atom. The fourth-order valence-electron chi connectivity index (χ4n) is 1.81. The normalized spacial score (nSPS) is 13.4. The number of nitrogens with zero attached hydrogens (tertiary/aromatic N) is 1. The van der Waals surface area contributed by atoms with Crippen molar-refractivity contribution in [1.29, 1.82) is 0 Å². The van der Waals surface area contributed by atoms with E-state index in [1.807, 2.05) is 19.0 Å². The molecule has 0 saturated heterocycles. The van der Waals surface area contributed by atoms with Crippen LogP contribution in [0, 0.1) is 0 Å². The van der Waals surface area contributed by atoms with Crippen molar-refractivity contribution in [2.24, 2.45) is 0 Å². The highest BCUT2D eigenvalue weighted by Crippen LogP contribution is 2.28. The Labute approximate surface area is 133 Å². The Hall–Kier alpha value is -0.860. The molecule has 0 bridgehead atoms. The maximum absolute atomic E-state index is 12.3. The molecule has 0 aliphatic heterocycles. The van der Waals surface area contributed by atoms with Crippen molar-refractivity contribution in [2.75, 3.05) is 20.6 Å². The van der Waals surface area contributed by atoms with Crippen molar-refractivity contribution in [2.45, 2.75) is 17.9 Å². The molecular weight excluding hydrogens is 339 g/mol. The molecule has 2 N–H and O–H groups in total. The molecule has 0 aliphatic rings. The Morgan fingerprint density at radius 3 is 2.38 bits per heavy atom. The van der Waals surface area contributed by atoms with Gasteiger partial charge >= 0.3 is 5.97 Å². The number of likely N-dealkylation sites (N-methyl/N-ethyl adjacent to an activating group) is 1. The number of hydrogen-bond acceptors (Lipinski definition) is 4. The van der Waals surface area contributed by atoms with Gasteiger partial charge in [-0.25, -0.2) is 17.9 Å². The summed E-state index contributed by atoms with van der Waals surface area (Å²) in [6.07, 6.45) is 0. The summed E-state index contributed by atoms with van der Waals surface area (Å²) in [6.45, 7) is 2.18. The third-order valence-corrected chi connectivity index (χ3v) is 4.90. The first kappa shape index (κ1) is 18.2. The first-order chi connectivity index (χ1) is 9.54. The largest absolute Gasteiger partial charge is 0.478 e. The number of nitrogens with one attached hydrogen (secondary N) is 1. The minimum atomic E-state index is -3.94. The quantitative estimate of drug-likeness (QED) is 0.814. The molecule has 0 saturated carbocycles. The van der Waals surface area contributed by atoms with Gasteiger partial charge in [-0.3, -0.25) is 0 Å². The van der Waals surface area contributed by atoms with E-state index in [4.69, 9.17) is 28.3 Å². The highest BCUT2D eigenvalue weighted by atomic mass is 35.5. The lowest BCUT2D eigenvalue weighted by Gasteiger charge is -2.19. The van der Waals surface area contributed by atoms with Gasteiger partial charge in [-0.05, 0) is 33.2 Å². The first-order valence-electron chi connectivity index (χ1n) is 5.94. The Bertz CT molecular complexity index is 647. The lowest BCUT2D eigenvalue weighted by atomic mass is 10.2. The van der Waals surface area contributed by atoms with Crippen LogP contribution in [0.1, 0.15) is 17.3 Å². The van der Waals surface area contributed by atoms with Crippen molar-refractivity contribution in [3.8, 4) is 0 Å². The van der Waals surface area contributed by atoms with Crippen molar-refractivity contribution in [1.82, 2.24) is 9.62 Å². The Balaban J connectivity index is 3.19. The lowest BCUT2D eigenvalue weighted by molar-refractivity contribution is 0.0697. The van der Waals surface area contributed by atoms with Crippen LogP contribution in [-0.4, -0.2) is 51.1 Å². The second-order valence-electron chi connectivity index (χ2n) is 4.85. The van der Waals surface area contributed by atoms with Crippen LogP contribution < -0.4 is 4.72 Å². The monoisotopic (exact) mass is 354 g/mol. The number of aromatic carboxylic acids is 1. The number of carboxylic acid groups (broad SMARTS) is 1. The van der Waals surface area contributed by atoms with Crippen LogP contribution in [-0.2, 0) is 10.0 Å². The van der Waals surface area contributed by atoms with Gasteiger partial charge in [-0.2, -0.15) is 0 Å². The molecule has 6 nitrogen and oxygen atoms in total. The molecule has 0 amide bonds. The van der Waals surface area contributed by atoms with Gasteiger partial charge in [0.1, 0.15) is 4.90 Å². The van der Waals surface area contributed by atoms with E-state index in [-0.39, 0.29) is 26.5 Å². The second kappa shape index (κ2) is 6.93. The van der Waals surface area contributed by atoms with Gasteiger partial charge in [0, 0.05) is 12.6 Å². The zero-order chi connectivity index (χ0) is 16.4. The third kappa shape index (κ3) is 4.82. The number of sulfonamides is 1. The van der Waals surface area contributed by atoms with Gasteiger partial charge in [0.15, 0.2) is 0 Å². The maximum Gasteiger partial charge on any atom is 0.337 e. The second-order valence-corrected chi connectivity index (χ2v) is 7.35. The van der Waals surface area contributed by atoms with E-state index in [2.05, 4.69) is 4.72 Å². The average molecular weight is 355 g/mol. The van der Waals surface area contributed by atoms with Gasteiger partial charge in [0.2, 0.25) is 10.0 Å². The molecule has 0 aliphatic carbocycles. The standard InChI is InChI=1S/C12H16Cl2N2O4S/c1-7(6-16(2)3)15-21(19,20)11-4-8(12(17)18)9(13)5-10(11)14/h4-5,7,15H,6H2,1-3H3,(H,17,18). The molecule has 0 aromatic heterocycles. The number of rotatable bonds is 6. The lowest BCUT2D eigenvalue weighted by Crippen LogP contribution is -2.39. The average Bonchev–Trinajstić information content (AvgIpc) is 2.25. The van der Waals surface area contributed by atoms with Crippen molar-refractivity contribution >= 4 is 39.2 Å². The summed E-state index contributed by atoms with van der Waals surface area (Å²) >= 11 is 11.6. The Kier molecular flexibility index (Phi) is 6.01. The van der Waals surface area contributed by atoms with Crippen LogP contribution in [0.15, 0.2) is 17.0 Å². The summed E-state index contributed by atoms with van der Waals surface area (Å²) in [5.41, 5.74) is -0.318. The minimum Gasteiger partial charge on any atom is -0.478 e. The number of benzene rings is 1. The molecule has 9 heteroatoms. The van der Waals surface area contributed by atoms with E-state index in [1.165, 1.54) is 0 Å². The van der Waals surface area contributed by atoms with Crippen molar-refractivity contribution < 1.29 is 18.3 Å². The van der Waals surface area contributed by atoms with E-state index >= 15 is 0 Å². The van der Waals surface area contributed by atoms with E-state index in [1.54, 1.807) is 6.92 Å². The molecule has 1 rings (SSSR count). The summed E-state index contributed by atoms with van der Waals surface area (Å²) in [6, 6.07) is 1.69. The third-order valence-electron chi connectivity index (χ3n) is 2.54. The van der Waals surface area contributed by atoms with Crippen LogP contribution in [0.5, 0.6) is 0 Å². The van der Waals surface area contributed by atoms with Crippen LogP contribution in [0.2, 0.25) is 10.0 Å². The molecule has 0 fully saturated rings. The molecule has 1 aromatic carbocycles. The molecule has 1 unspecified atom stereocenters. The molecule has 1 aromatic rings.